The van der Waals surface area contributed by atoms with Gasteiger partial charge in [0.1, 0.15) is 12.1 Å². The van der Waals surface area contributed by atoms with Crippen LogP contribution < -0.4 is 0 Å². The number of carboxylic acids is 1. The van der Waals surface area contributed by atoms with Crippen molar-refractivity contribution in [3.8, 4) is 0 Å². The molecule has 0 spiro atoms. The molecule has 2 atom stereocenters. The van der Waals surface area contributed by atoms with Gasteiger partial charge < -0.3 is 10.2 Å². The molecule has 1 fully saturated rings. The highest BCUT2D eigenvalue weighted by Crippen LogP contribution is 2.24. The molecule has 2 unspecified atom stereocenters. The average Bonchev–Trinajstić information content (AvgIpc) is 2.83. The zero-order valence-electron chi connectivity index (χ0n) is 9.62. The third-order valence-electron chi connectivity index (χ3n) is 3.23. The van der Waals surface area contributed by atoms with E-state index in [0.717, 1.165) is 25.9 Å². The lowest BCUT2D eigenvalue weighted by molar-refractivity contribution is -0.147. The summed E-state index contributed by atoms with van der Waals surface area (Å²) >= 11 is 0. The monoisotopic (exact) mass is 235 g/mol. The molecule has 0 radical (unpaired) electrons. The van der Waals surface area contributed by atoms with Gasteiger partial charge in [0.15, 0.2) is 0 Å². The maximum Gasteiger partial charge on any atom is 0.324 e. The normalized spacial score (nSPS) is 20.1. The Morgan fingerprint density at radius 3 is 2.29 bits per heavy atom. The summed E-state index contributed by atoms with van der Waals surface area (Å²) in [5, 5.41) is 19.5. The second kappa shape index (κ2) is 5.29. The predicted octanol–water partition coefficient (Wildman–Crippen LogP) is 1.27. The van der Waals surface area contributed by atoms with Crippen molar-refractivity contribution in [2.24, 2.45) is 0 Å². The fourth-order valence-corrected chi connectivity index (χ4v) is 2.34. The molecule has 1 heterocycles. The van der Waals surface area contributed by atoms with Crippen molar-refractivity contribution in [1.82, 2.24) is 4.90 Å². The SMILES string of the molecule is O=C(O)C(C(O)c1ccccc1)N1CCCC1. The first-order valence-corrected chi connectivity index (χ1v) is 5.90. The molecule has 4 nitrogen and oxygen atoms in total. The number of carboxylic acid groups (broad SMARTS) is 1. The summed E-state index contributed by atoms with van der Waals surface area (Å²) in [5.41, 5.74) is 0.659. The van der Waals surface area contributed by atoms with E-state index in [-0.39, 0.29) is 0 Å². The van der Waals surface area contributed by atoms with E-state index in [1.165, 1.54) is 0 Å². The summed E-state index contributed by atoms with van der Waals surface area (Å²) < 4.78 is 0. The van der Waals surface area contributed by atoms with Crippen molar-refractivity contribution in [2.75, 3.05) is 13.1 Å². The van der Waals surface area contributed by atoms with Crippen molar-refractivity contribution < 1.29 is 15.0 Å². The summed E-state index contributed by atoms with van der Waals surface area (Å²) in [6.07, 6.45) is 1.04. The number of hydrogen-bond acceptors (Lipinski definition) is 3. The van der Waals surface area contributed by atoms with E-state index < -0.39 is 18.1 Å². The predicted molar refractivity (Wildman–Crippen MR) is 63.6 cm³/mol. The van der Waals surface area contributed by atoms with Gasteiger partial charge in [0, 0.05) is 0 Å². The van der Waals surface area contributed by atoms with Gasteiger partial charge in [-0.2, -0.15) is 0 Å². The van der Waals surface area contributed by atoms with E-state index in [9.17, 15) is 15.0 Å². The van der Waals surface area contributed by atoms with E-state index in [2.05, 4.69) is 0 Å². The van der Waals surface area contributed by atoms with Gasteiger partial charge in [0.05, 0.1) is 0 Å². The number of aliphatic hydroxyl groups excluding tert-OH is 1. The fraction of sp³-hybridized carbons (Fsp3) is 0.462. The first-order chi connectivity index (χ1) is 8.20. The summed E-state index contributed by atoms with van der Waals surface area (Å²) in [5.74, 6) is -0.955. The van der Waals surface area contributed by atoms with Gasteiger partial charge in [0.2, 0.25) is 0 Å². The number of rotatable bonds is 4. The summed E-state index contributed by atoms with van der Waals surface area (Å²) in [6.45, 7) is 1.50. The molecule has 1 aromatic carbocycles. The molecule has 4 heteroatoms. The maximum atomic E-state index is 11.3. The lowest BCUT2D eigenvalue weighted by Crippen LogP contribution is -2.43. The van der Waals surface area contributed by atoms with Crippen molar-refractivity contribution in [1.29, 1.82) is 0 Å². The molecule has 0 saturated carbocycles. The summed E-state index contributed by atoms with van der Waals surface area (Å²) in [6, 6.07) is 8.15. The first-order valence-electron chi connectivity index (χ1n) is 5.90. The van der Waals surface area contributed by atoms with Crippen LogP contribution in [0.1, 0.15) is 24.5 Å². The lowest BCUT2D eigenvalue weighted by Gasteiger charge is -2.28. The topological polar surface area (TPSA) is 60.8 Å². The molecule has 1 saturated heterocycles. The second-order valence-corrected chi connectivity index (χ2v) is 4.38. The Labute approximate surface area is 100 Å². The zero-order chi connectivity index (χ0) is 12.3. The number of benzene rings is 1. The maximum absolute atomic E-state index is 11.3. The Balaban J connectivity index is 2.18. The van der Waals surface area contributed by atoms with Gasteiger partial charge in [-0.1, -0.05) is 30.3 Å². The van der Waals surface area contributed by atoms with Gasteiger partial charge in [0.25, 0.3) is 0 Å². The van der Waals surface area contributed by atoms with Crippen LogP contribution >= 0.6 is 0 Å². The zero-order valence-corrected chi connectivity index (χ0v) is 9.62. The van der Waals surface area contributed by atoms with Crippen molar-refractivity contribution >= 4 is 5.97 Å². The number of aliphatic hydroxyl groups is 1. The van der Waals surface area contributed by atoms with E-state index in [4.69, 9.17) is 0 Å². The fourth-order valence-electron chi connectivity index (χ4n) is 2.34. The molecule has 1 aliphatic heterocycles. The Bertz CT molecular complexity index is 374. The molecule has 17 heavy (non-hydrogen) atoms. The van der Waals surface area contributed by atoms with Gasteiger partial charge in [-0.15, -0.1) is 0 Å². The number of carbonyl (C=O) groups is 1. The number of hydrogen-bond donors (Lipinski definition) is 2. The molecular formula is C13H17NO3. The van der Waals surface area contributed by atoms with Gasteiger partial charge in [-0.25, -0.2) is 0 Å². The van der Waals surface area contributed by atoms with Gasteiger partial charge in [-0.05, 0) is 31.5 Å². The molecule has 92 valence electrons. The molecule has 0 amide bonds. The van der Waals surface area contributed by atoms with Crippen LogP contribution in [-0.4, -0.2) is 40.2 Å². The number of aliphatic carboxylic acids is 1. The first kappa shape index (κ1) is 12.1. The lowest BCUT2D eigenvalue weighted by atomic mass is 10.0. The second-order valence-electron chi connectivity index (χ2n) is 4.38. The Morgan fingerprint density at radius 1 is 1.18 bits per heavy atom. The van der Waals surface area contributed by atoms with E-state index in [0.29, 0.717) is 5.56 Å². The number of nitrogens with zero attached hydrogens (tertiary/aromatic N) is 1. The summed E-state index contributed by atoms with van der Waals surface area (Å²) in [7, 11) is 0. The minimum atomic E-state index is -0.966. The van der Waals surface area contributed by atoms with E-state index in [1.807, 2.05) is 11.0 Å². The van der Waals surface area contributed by atoms with Crippen LogP contribution in [0.2, 0.25) is 0 Å². The molecule has 0 aromatic heterocycles. The van der Waals surface area contributed by atoms with Gasteiger partial charge in [-0.3, -0.25) is 9.69 Å². The third kappa shape index (κ3) is 2.65. The van der Waals surface area contributed by atoms with Gasteiger partial charge >= 0.3 is 5.97 Å². The third-order valence-corrected chi connectivity index (χ3v) is 3.23. The van der Waals surface area contributed by atoms with Crippen LogP contribution in [0.15, 0.2) is 30.3 Å². The van der Waals surface area contributed by atoms with Crippen LogP contribution in [0.25, 0.3) is 0 Å². The van der Waals surface area contributed by atoms with E-state index >= 15 is 0 Å². The smallest absolute Gasteiger partial charge is 0.324 e. The van der Waals surface area contributed by atoms with Crippen LogP contribution in [0.3, 0.4) is 0 Å². The average molecular weight is 235 g/mol. The highest BCUT2D eigenvalue weighted by atomic mass is 16.4. The molecule has 1 aromatic rings. The highest BCUT2D eigenvalue weighted by molar-refractivity contribution is 5.74. The van der Waals surface area contributed by atoms with Crippen LogP contribution in [0.5, 0.6) is 0 Å². The summed E-state index contributed by atoms with van der Waals surface area (Å²) in [4.78, 5) is 13.1. The molecule has 0 aliphatic carbocycles. The molecule has 1 aliphatic rings. The molecule has 0 bridgehead atoms. The Morgan fingerprint density at radius 2 is 1.76 bits per heavy atom. The van der Waals surface area contributed by atoms with Crippen molar-refractivity contribution in [3.63, 3.8) is 0 Å². The van der Waals surface area contributed by atoms with Crippen LogP contribution in [0, 0.1) is 0 Å². The van der Waals surface area contributed by atoms with Crippen LogP contribution in [0.4, 0.5) is 0 Å². The largest absolute Gasteiger partial charge is 0.480 e. The highest BCUT2D eigenvalue weighted by Gasteiger charge is 2.34. The Kier molecular flexibility index (Phi) is 3.76. The molecule has 2 rings (SSSR count). The standard InChI is InChI=1S/C13H17NO3/c15-12(10-6-2-1-3-7-10)11(13(16)17)14-8-4-5-9-14/h1-3,6-7,11-12,15H,4-5,8-9H2,(H,16,17). The number of likely N-dealkylation sites (tertiary alicyclic amines) is 1. The molecule has 2 N–H and O–H groups in total. The molecular weight excluding hydrogens is 218 g/mol. The minimum Gasteiger partial charge on any atom is -0.480 e. The van der Waals surface area contributed by atoms with Crippen molar-refractivity contribution in [3.05, 3.63) is 35.9 Å². The van der Waals surface area contributed by atoms with Crippen LogP contribution in [-0.2, 0) is 4.79 Å². The van der Waals surface area contributed by atoms with Crippen molar-refractivity contribution in [2.45, 2.75) is 25.0 Å². The quantitative estimate of drug-likeness (QED) is 0.825. The minimum absolute atomic E-state index is 0.659. The Hall–Kier alpha value is -1.39. The van der Waals surface area contributed by atoms with E-state index in [1.54, 1.807) is 24.3 Å².